The first-order valence-corrected chi connectivity index (χ1v) is 10.3. The minimum absolute atomic E-state index is 0.00853. The number of carbonyl (C=O) groups excluding carboxylic acids is 3. The Morgan fingerprint density at radius 1 is 0.871 bits per heavy atom. The molecule has 7 heteroatoms. The lowest BCUT2D eigenvalue weighted by Gasteiger charge is -2.08. The van der Waals surface area contributed by atoms with E-state index < -0.39 is 5.91 Å². The molecule has 0 radical (unpaired) electrons. The van der Waals surface area contributed by atoms with Gasteiger partial charge in [-0.1, -0.05) is 42.0 Å². The largest absolute Gasteiger partial charge is 0.358 e. The molecule has 1 heterocycles. The van der Waals surface area contributed by atoms with E-state index in [2.05, 4.69) is 33.3 Å². The highest BCUT2D eigenvalue weighted by Gasteiger charge is 2.15. The van der Waals surface area contributed by atoms with E-state index in [0.717, 1.165) is 38.9 Å². The zero-order valence-electron chi connectivity index (χ0n) is 18.1. The van der Waals surface area contributed by atoms with Crippen molar-refractivity contribution >= 4 is 28.6 Å². The average molecular weight is 421 g/mol. The minimum atomic E-state index is -0.412. The smallest absolute Gasteiger partial charge is 0.242 e. The Bertz CT molecular complexity index is 1100. The lowest BCUT2D eigenvalue weighted by atomic mass is 10.0. The van der Waals surface area contributed by atoms with Gasteiger partial charge in [0.15, 0.2) is 0 Å². The highest BCUT2D eigenvalue weighted by molar-refractivity contribution is 5.93. The van der Waals surface area contributed by atoms with Gasteiger partial charge >= 0.3 is 0 Å². The molecule has 3 aromatic rings. The number of hydrogen-bond donors (Lipinski definition) is 4. The fourth-order valence-corrected chi connectivity index (χ4v) is 3.58. The third kappa shape index (κ3) is 5.94. The maximum absolute atomic E-state index is 12.4. The van der Waals surface area contributed by atoms with Crippen LogP contribution in [-0.4, -0.2) is 22.7 Å². The van der Waals surface area contributed by atoms with E-state index in [-0.39, 0.29) is 31.1 Å². The van der Waals surface area contributed by atoms with Crippen LogP contribution in [0.4, 0.5) is 0 Å². The van der Waals surface area contributed by atoms with Crippen LogP contribution < -0.4 is 16.2 Å². The summed E-state index contributed by atoms with van der Waals surface area (Å²) in [6.07, 6.45) is 0.187. The molecule has 3 rings (SSSR count). The second-order valence-electron chi connectivity index (χ2n) is 7.77. The van der Waals surface area contributed by atoms with Gasteiger partial charge in [-0.15, -0.1) is 0 Å². The van der Waals surface area contributed by atoms with E-state index >= 15 is 0 Å². The lowest BCUT2D eigenvalue weighted by Crippen LogP contribution is -2.42. The molecule has 0 saturated carbocycles. The molecule has 0 unspecified atom stereocenters. The number of aromatic nitrogens is 1. The van der Waals surface area contributed by atoms with E-state index in [0.29, 0.717) is 6.54 Å². The van der Waals surface area contributed by atoms with E-state index in [4.69, 9.17) is 0 Å². The van der Waals surface area contributed by atoms with Crippen molar-refractivity contribution < 1.29 is 14.4 Å². The van der Waals surface area contributed by atoms with Crippen molar-refractivity contribution in [3.8, 4) is 0 Å². The molecule has 0 aliphatic heterocycles. The van der Waals surface area contributed by atoms with Crippen LogP contribution in [0.15, 0.2) is 42.5 Å². The summed E-state index contributed by atoms with van der Waals surface area (Å²) < 4.78 is 0. The van der Waals surface area contributed by atoms with Crippen LogP contribution in [0.1, 0.15) is 40.8 Å². The molecule has 0 aliphatic rings. The number of hydrogen-bond acceptors (Lipinski definition) is 3. The Morgan fingerprint density at radius 3 is 2.29 bits per heavy atom. The summed E-state index contributed by atoms with van der Waals surface area (Å²) in [5.41, 5.74) is 10.9. The van der Waals surface area contributed by atoms with Crippen LogP contribution in [0.2, 0.25) is 0 Å². The lowest BCUT2D eigenvalue weighted by molar-refractivity contribution is -0.130. The Morgan fingerprint density at radius 2 is 1.55 bits per heavy atom. The summed E-state index contributed by atoms with van der Waals surface area (Å²) in [4.78, 5) is 39.6. The van der Waals surface area contributed by atoms with Crippen LogP contribution in [0, 0.1) is 20.8 Å². The molecule has 0 bridgehead atoms. The molecule has 0 saturated heterocycles. The van der Waals surface area contributed by atoms with Crippen LogP contribution in [0.3, 0.4) is 0 Å². The number of fused-ring (bicyclic) bond motifs is 1. The number of nitrogens with one attached hydrogen (secondary N) is 4. The second-order valence-corrected chi connectivity index (χ2v) is 7.77. The van der Waals surface area contributed by atoms with Gasteiger partial charge in [-0.25, -0.2) is 0 Å². The standard InChI is InChI=1S/C24H28N4O3/c1-15-11-16(2)24-20(12-15)19(17(3)26-24)13-23(31)28-27-22(30)10-9-21(29)25-14-18-7-5-4-6-8-18/h4-8,11-12,26H,9-10,13-14H2,1-3H3,(H,25,29)(H,27,30)(H,28,31). The monoisotopic (exact) mass is 420 g/mol. The zero-order chi connectivity index (χ0) is 22.4. The first-order chi connectivity index (χ1) is 14.8. The molecule has 0 spiro atoms. The zero-order valence-corrected chi connectivity index (χ0v) is 18.1. The van der Waals surface area contributed by atoms with E-state index in [9.17, 15) is 14.4 Å². The summed E-state index contributed by atoms with van der Waals surface area (Å²) in [7, 11) is 0. The number of benzene rings is 2. The molecule has 7 nitrogen and oxygen atoms in total. The number of amides is 3. The third-order valence-electron chi connectivity index (χ3n) is 5.16. The summed E-state index contributed by atoms with van der Waals surface area (Å²) >= 11 is 0. The van der Waals surface area contributed by atoms with Crippen LogP contribution in [0.5, 0.6) is 0 Å². The average Bonchev–Trinajstić information content (AvgIpc) is 3.05. The topological polar surface area (TPSA) is 103 Å². The Balaban J connectivity index is 1.44. The second kappa shape index (κ2) is 9.93. The molecule has 162 valence electrons. The number of H-pyrrole nitrogens is 1. The molecule has 0 atom stereocenters. The van der Waals surface area contributed by atoms with Crippen molar-refractivity contribution in [3.05, 3.63) is 70.4 Å². The molecule has 4 N–H and O–H groups in total. The third-order valence-corrected chi connectivity index (χ3v) is 5.16. The van der Waals surface area contributed by atoms with Gasteiger partial charge in [0.1, 0.15) is 0 Å². The predicted molar refractivity (Wildman–Crippen MR) is 120 cm³/mol. The molecule has 0 aliphatic carbocycles. The summed E-state index contributed by atoms with van der Waals surface area (Å²) in [6, 6.07) is 13.7. The SMILES string of the molecule is Cc1cc(C)c2[nH]c(C)c(CC(=O)NNC(=O)CCC(=O)NCc3ccccc3)c2c1. The van der Waals surface area contributed by atoms with Crippen molar-refractivity contribution in [2.75, 3.05) is 0 Å². The quantitative estimate of drug-likeness (QED) is 0.442. The fraction of sp³-hybridized carbons (Fsp3) is 0.292. The number of rotatable bonds is 7. The highest BCUT2D eigenvalue weighted by Crippen LogP contribution is 2.26. The maximum Gasteiger partial charge on any atom is 0.242 e. The first kappa shape index (κ1) is 22.1. The molecule has 31 heavy (non-hydrogen) atoms. The van der Waals surface area contributed by atoms with Crippen molar-refractivity contribution in [1.82, 2.24) is 21.2 Å². The summed E-state index contributed by atoms with van der Waals surface area (Å²) in [5.74, 6) is -0.943. The first-order valence-electron chi connectivity index (χ1n) is 10.3. The summed E-state index contributed by atoms with van der Waals surface area (Å²) in [5, 5.41) is 3.79. The van der Waals surface area contributed by atoms with E-state index in [1.54, 1.807) is 0 Å². The minimum Gasteiger partial charge on any atom is -0.358 e. The van der Waals surface area contributed by atoms with Crippen molar-refractivity contribution in [2.45, 2.75) is 46.6 Å². The van der Waals surface area contributed by atoms with Gasteiger partial charge in [-0.3, -0.25) is 25.2 Å². The van der Waals surface area contributed by atoms with Crippen LogP contribution in [-0.2, 0) is 27.3 Å². The number of hydrazine groups is 1. The molecular formula is C24H28N4O3. The molecule has 3 amide bonds. The maximum atomic E-state index is 12.4. The van der Waals surface area contributed by atoms with Crippen molar-refractivity contribution in [2.24, 2.45) is 0 Å². The van der Waals surface area contributed by atoms with Crippen molar-refractivity contribution in [3.63, 3.8) is 0 Å². The molecule has 2 aromatic carbocycles. The van der Waals surface area contributed by atoms with E-state index in [1.807, 2.05) is 51.1 Å². The molecule has 1 aromatic heterocycles. The van der Waals surface area contributed by atoms with Gasteiger partial charge in [-0.05, 0) is 43.5 Å². The molecule has 0 fully saturated rings. The molecular weight excluding hydrogens is 392 g/mol. The van der Waals surface area contributed by atoms with Gasteiger partial charge in [0.25, 0.3) is 0 Å². The number of carbonyl (C=O) groups is 3. The number of aromatic amines is 1. The van der Waals surface area contributed by atoms with Gasteiger partial charge in [0.2, 0.25) is 17.7 Å². The highest BCUT2D eigenvalue weighted by atomic mass is 16.2. The fourth-order valence-electron chi connectivity index (χ4n) is 3.58. The summed E-state index contributed by atoms with van der Waals surface area (Å²) in [6.45, 7) is 6.41. The Kier molecular flexibility index (Phi) is 7.07. The Labute approximate surface area is 181 Å². The van der Waals surface area contributed by atoms with Crippen molar-refractivity contribution in [1.29, 1.82) is 0 Å². The van der Waals surface area contributed by atoms with Crippen LogP contribution in [0.25, 0.3) is 10.9 Å². The van der Waals surface area contributed by atoms with Gasteiger partial charge in [0, 0.05) is 36.0 Å². The van der Waals surface area contributed by atoms with Gasteiger partial charge in [0.05, 0.1) is 6.42 Å². The number of aryl methyl sites for hydroxylation is 3. The predicted octanol–water partition coefficient (Wildman–Crippen LogP) is 2.88. The van der Waals surface area contributed by atoms with Crippen LogP contribution >= 0.6 is 0 Å². The normalized spacial score (nSPS) is 10.7. The van der Waals surface area contributed by atoms with Gasteiger partial charge in [-0.2, -0.15) is 0 Å². The Hall–Kier alpha value is -3.61. The van der Waals surface area contributed by atoms with Gasteiger partial charge < -0.3 is 10.3 Å². The van der Waals surface area contributed by atoms with E-state index in [1.165, 1.54) is 0 Å².